The van der Waals surface area contributed by atoms with Crippen LogP contribution < -0.4 is 20.1 Å². The molecule has 0 atom stereocenters. The van der Waals surface area contributed by atoms with Crippen LogP contribution in [0.3, 0.4) is 0 Å². The van der Waals surface area contributed by atoms with E-state index >= 15 is 0 Å². The van der Waals surface area contributed by atoms with Gasteiger partial charge in [0.25, 0.3) is 5.19 Å². The van der Waals surface area contributed by atoms with Crippen molar-refractivity contribution in [3.63, 3.8) is 0 Å². The maximum atomic E-state index is 12.0. The third-order valence-electron chi connectivity index (χ3n) is 3.32. The number of aromatic nitrogens is 1. The van der Waals surface area contributed by atoms with Crippen molar-refractivity contribution in [1.29, 1.82) is 0 Å². The van der Waals surface area contributed by atoms with E-state index in [1.165, 1.54) is 11.3 Å². The topological polar surface area (TPSA) is 72.5 Å². The van der Waals surface area contributed by atoms with Crippen LogP contribution in [-0.2, 0) is 6.54 Å². The van der Waals surface area contributed by atoms with Crippen molar-refractivity contribution in [2.24, 2.45) is 0 Å². The van der Waals surface area contributed by atoms with E-state index in [9.17, 15) is 4.79 Å². The fraction of sp³-hybridized carbons (Fsp3) is 0.111. The standard InChI is InChI=1S/C18H17N3O3S/c1-23-16-4-2-3-14(11-16)21-17(22)20-12-13-5-7-15(8-6-13)24-18-19-9-10-25-18/h2-11H,12H2,1H3,(H2,20,21,22). The molecule has 0 spiro atoms. The second-order valence-corrected chi connectivity index (χ2v) is 5.94. The second kappa shape index (κ2) is 8.16. The molecule has 25 heavy (non-hydrogen) atoms. The number of thiazole rings is 1. The Morgan fingerprint density at radius 2 is 2.00 bits per heavy atom. The van der Waals surface area contributed by atoms with E-state index in [-0.39, 0.29) is 6.03 Å². The quantitative estimate of drug-likeness (QED) is 0.693. The first-order chi connectivity index (χ1) is 12.2. The van der Waals surface area contributed by atoms with Crippen molar-refractivity contribution in [1.82, 2.24) is 10.3 Å². The summed E-state index contributed by atoms with van der Waals surface area (Å²) in [7, 11) is 1.58. The van der Waals surface area contributed by atoms with E-state index in [0.717, 1.165) is 5.56 Å². The van der Waals surface area contributed by atoms with Gasteiger partial charge in [-0.2, -0.15) is 0 Å². The predicted molar refractivity (Wildman–Crippen MR) is 97.5 cm³/mol. The van der Waals surface area contributed by atoms with Crippen LogP contribution in [0.2, 0.25) is 0 Å². The fourth-order valence-electron chi connectivity index (χ4n) is 2.10. The zero-order valence-corrected chi connectivity index (χ0v) is 14.4. The molecular weight excluding hydrogens is 338 g/mol. The summed E-state index contributed by atoms with van der Waals surface area (Å²) in [6, 6.07) is 14.4. The molecule has 3 rings (SSSR count). The average molecular weight is 355 g/mol. The van der Waals surface area contributed by atoms with Gasteiger partial charge in [-0.05, 0) is 29.8 Å². The number of nitrogens with one attached hydrogen (secondary N) is 2. The summed E-state index contributed by atoms with van der Waals surface area (Å²) in [4.78, 5) is 16.0. The molecule has 0 saturated carbocycles. The third kappa shape index (κ3) is 4.95. The minimum Gasteiger partial charge on any atom is -0.497 e. The van der Waals surface area contributed by atoms with Crippen molar-refractivity contribution in [3.05, 3.63) is 65.7 Å². The highest BCUT2D eigenvalue weighted by Crippen LogP contribution is 2.23. The molecule has 0 aliphatic rings. The Bertz CT molecular complexity index is 820. The van der Waals surface area contributed by atoms with Gasteiger partial charge < -0.3 is 20.1 Å². The van der Waals surface area contributed by atoms with Crippen LogP contribution in [0.5, 0.6) is 16.7 Å². The first-order valence-corrected chi connectivity index (χ1v) is 8.46. The van der Waals surface area contributed by atoms with E-state index in [2.05, 4.69) is 15.6 Å². The molecule has 0 aliphatic heterocycles. The molecule has 0 fully saturated rings. The number of benzene rings is 2. The molecule has 2 N–H and O–H groups in total. The molecule has 0 unspecified atom stereocenters. The van der Waals surface area contributed by atoms with Crippen LogP contribution in [0.25, 0.3) is 0 Å². The number of ether oxygens (including phenoxy) is 2. The van der Waals surface area contributed by atoms with Gasteiger partial charge in [0.15, 0.2) is 0 Å². The largest absolute Gasteiger partial charge is 0.497 e. The summed E-state index contributed by atoms with van der Waals surface area (Å²) in [5.74, 6) is 1.40. The van der Waals surface area contributed by atoms with Crippen LogP contribution >= 0.6 is 11.3 Å². The van der Waals surface area contributed by atoms with Crippen molar-refractivity contribution < 1.29 is 14.3 Å². The van der Waals surface area contributed by atoms with E-state index in [1.54, 1.807) is 25.4 Å². The first-order valence-electron chi connectivity index (χ1n) is 7.58. The zero-order valence-electron chi connectivity index (χ0n) is 13.6. The number of rotatable bonds is 6. The maximum absolute atomic E-state index is 12.0. The van der Waals surface area contributed by atoms with E-state index in [0.29, 0.717) is 28.9 Å². The molecule has 3 aromatic rings. The number of carbonyl (C=O) groups is 1. The number of anilines is 1. The smallest absolute Gasteiger partial charge is 0.319 e. The van der Waals surface area contributed by atoms with Crippen LogP contribution in [-0.4, -0.2) is 18.1 Å². The monoisotopic (exact) mass is 355 g/mol. The Balaban J connectivity index is 1.49. The van der Waals surface area contributed by atoms with Crippen LogP contribution in [0.1, 0.15) is 5.56 Å². The molecule has 0 radical (unpaired) electrons. The lowest BCUT2D eigenvalue weighted by molar-refractivity contribution is 0.251. The van der Waals surface area contributed by atoms with Gasteiger partial charge in [-0.15, -0.1) is 0 Å². The van der Waals surface area contributed by atoms with Crippen molar-refractivity contribution in [2.75, 3.05) is 12.4 Å². The number of methoxy groups -OCH3 is 1. The number of nitrogens with zero attached hydrogens (tertiary/aromatic N) is 1. The minimum absolute atomic E-state index is 0.281. The number of hydrogen-bond acceptors (Lipinski definition) is 5. The summed E-state index contributed by atoms with van der Waals surface area (Å²) in [5, 5.41) is 8.03. The first kappa shape index (κ1) is 16.8. The van der Waals surface area contributed by atoms with E-state index in [4.69, 9.17) is 9.47 Å². The van der Waals surface area contributed by atoms with Gasteiger partial charge in [0.1, 0.15) is 11.5 Å². The average Bonchev–Trinajstić information content (AvgIpc) is 3.14. The maximum Gasteiger partial charge on any atom is 0.319 e. The molecule has 0 bridgehead atoms. The third-order valence-corrected chi connectivity index (χ3v) is 3.97. The van der Waals surface area contributed by atoms with Gasteiger partial charge in [0, 0.05) is 29.9 Å². The van der Waals surface area contributed by atoms with Crippen LogP contribution in [0, 0.1) is 0 Å². The summed E-state index contributed by atoms with van der Waals surface area (Å²) >= 11 is 1.43. The van der Waals surface area contributed by atoms with Gasteiger partial charge in [0.05, 0.1) is 7.11 Å². The molecule has 6 nitrogen and oxygen atoms in total. The zero-order chi connectivity index (χ0) is 17.5. The number of urea groups is 1. The van der Waals surface area contributed by atoms with Gasteiger partial charge in [-0.3, -0.25) is 0 Å². The van der Waals surface area contributed by atoms with Crippen molar-refractivity contribution in [2.45, 2.75) is 6.54 Å². The van der Waals surface area contributed by atoms with E-state index in [1.807, 2.05) is 41.8 Å². The van der Waals surface area contributed by atoms with E-state index < -0.39 is 0 Å². The predicted octanol–water partition coefficient (Wildman–Crippen LogP) is 4.27. The summed E-state index contributed by atoms with van der Waals surface area (Å²) < 4.78 is 10.7. The lowest BCUT2D eigenvalue weighted by atomic mass is 10.2. The Kier molecular flexibility index (Phi) is 5.48. The summed E-state index contributed by atoms with van der Waals surface area (Å²) in [6.45, 7) is 0.410. The molecule has 2 amide bonds. The normalized spacial score (nSPS) is 10.1. The second-order valence-electron chi connectivity index (χ2n) is 5.08. The van der Waals surface area contributed by atoms with Gasteiger partial charge in [-0.25, -0.2) is 9.78 Å². The Morgan fingerprint density at radius 1 is 1.16 bits per heavy atom. The van der Waals surface area contributed by atoms with Gasteiger partial charge >= 0.3 is 6.03 Å². The molecule has 1 heterocycles. The Morgan fingerprint density at radius 3 is 2.72 bits per heavy atom. The Hall–Kier alpha value is -3.06. The van der Waals surface area contributed by atoms with Crippen LogP contribution in [0.15, 0.2) is 60.1 Å². The highest BCUT2D eigenvalue weighted by atomic mass is 32.1. The molecule has 7 heteroatoms. The molecule has 0 aliphatic carbocycles. The highest BCUT2D eigenvalue weighted by molar-refractivity contribution is 7.11. The lowest BCUT2D eigenvalue weighted by Gasteiger charge is -2.09. The number of hydrogen-bond donors (Lipinski definition) is 2. The number of carbonyl (C=O) groups excluding carboxylic acids is 1. The summed E-state index contributed by atoms with van der Waals surface area (Å²) in [5.41, 5.74) is 1.64. The minimum atomic E-state index is -0.281. The molecule has 128 valence electrons. The number of amides is 2. The Labute approximate surface area is 149 Å². The SMILES string of the molecule is COc1cccc(NC(=O)NCc2ccc(Oc3nccs3)cc2)c1. The van der Waals surface area contributed by atoms with Gasteiger partial charge in [-0.1, -0.05) is 29.5 Å². The lowest BCUT2D eigenvalue weighted by Crippen LogP contribution is -2.28. The van der Waals surface area contributed by atoms with Crippen molar-refractivity contribution >= 4 is 23.1 Å². The van der Waals surface area contributed by atoms with Gasteiger partial charge in [0.2, 0.25) is 0 Å². The van der Waals surface area contributed by atoms with Crippen LogP contribution in [0.4, 0.5) is 10.5 Å². The fourth-order valence-corrected chi connectivity index (χ4v) is 2.60. The summed E-state index contributed by atoms with van der Waals surface area (Å²) in [6.07, 6.45) is 1.69. The van der Waals surface area contributed by atoms with Crippen molar-refractivity contribution in [3.8, 4) is 16.7 Å². The molecular formula is C18H17N3O3S. The molecule has 0 saturated heterocycles. The molecule has 1 aromatic heterocycles. The molecule has 2 aromatic carbocycles. The highest BCUT2D eigenvalue weighted by Gasteiger charge is 2.04.